The molecular formula is C14H18O3. The third-order valence-corrected chi connectivity index (χ3v) is 2.91. The molecule has 1 fully saturated rings. The summed E-state index contributed by atoms with van der Waals surface area (Å²) in [5, 5.41) is 8.69. The lowest BCUT2D eigenvalue weighted by atomic mass is 10.1. The SMILES string of the molecule is C[C@@]1(/C=C/CO)O[C@@H]1COCc1ccccc1. The first-order chi connectivity index (χ1) is 8.24. The van der Waals surface area contributed by atoms with Gasteiger partial charge in [0.05, 0.1) is 19.8 Å². The van der Waals surface area contributed by atoms with Gasteiger partial charge in [-0.3, -0.25) is 0 Å². The van der Waals surface area contributed by atoms with Gasteiger partial charge in [0.15, 0.2) is 0 Å². The van der Waals surface area contributed by atoms with E-state index in [0.717, 1.165) is 0 Å². The summed E-state index contributed by atoms with van der Waals surface area (Å²) in [7, 11) is 0. The number of ether oxygens (including phenoxy) is 2. The molecule has 3 nitrogen and oxygen atoms in total. The largest absolute Gasteiger partial charge is 0.392 e. The lowest BCUT2D eigenvalue weighted by Gasteiger charge is -2.03. The van der Waals surface area contributed by atoms with Gasteiger partial charge in [-0.05, 0) is 12.5 Å². The molecule has 2 atom stereocenters. The van der Waals surface area contributed by atoms with Crippen molar-refractivity contribution in [3.63, 3.8) is 0 Å². The maximum atomic E-state index is 8.69. The smallest absolute Gasteiger partial charge is 0.114 e. The van der Waals surface area contributed by atoms with Crippen molar-refractivity contribution >= 4 is 0 Å². The van der Waals surface area contributed by atoms with Gasteiger partial charge in [-0.2, -0.15) is 0 Å². The molecule has 1 N–H and O–H groups in total. The third kappa shape index (κ3) is 3.40. The molecule has 2 rings (SSSR count). The normalized spacial score (nSPS) is 27.5. The van der Waals surface area contributed by atoms with Gasteiger partial charge in [0.2, 0.25) is 0 Å². The van der Waals surface area contributed by atoms with E-state index in [2.05, 4.69) is 0 Å². The van der Waals surface area contributed by atoms with Crippen molar-refractivity contribution in [2.24, 2.45) is 0 Å². The highest BCUT2D eigenvalue weighted by molar-refractivity contribution is 5.15. The Morgan fingerprint density at radius 3 is 2.88 bits per heavy atom. The number of epoxide rings is 1. The first-order valence-electron chi connectivity index (χ1n) is 5.82. The van der Waals surface area contributed by atoms with E-state index in [1.165, 1.54) is 5.56 Å². The van der Waals surface area contributed by atoms with Gasteiger partial charge in [-0.1, -0.05) is 42.5 Å². The summed E-state index contributed by atoms with van der Waals surface area (Å²) in [6.45, 7) is 3.24. The van der Waals surface area contributed by atoms with E-state index in [-0.39, 0.29) is 18.3 Å². The number of hydrogen-bond acceptors (Lipinski definition) is 3. The van der Waals surface area contributed by atoms with Crippen LogP contribution in [0.1, 0.15) is 12.5 Å². The van der Waals surface area contributed by atoms with E-state index >= 15 is 0 Å². The monoisotopic (exact) mass is 234 g/mol. The molecule has 1 aliphatic rings. The van der Waals surface area contributed by atoms with Crippen LogP contribution in [-0.4, -0.2) is 30.0 Å². The van der Waals surface area contributed by atoms with Crippen LogP contribution in [0.5, 0.6) is 0 Å². The molecule has 1 aromatic rings. The number of aliphatic hydroxyl groups is 1. The molecule has 3 heteroatoms. The topological polar surface area (TPSA) is 42.0 Å². The first kappa shape index (κ1) is 12.3. The average molecular weight is 234 g/mol. The lowest BCUT2D eigenvalue weighted by Crippen LogP contribution is -2.11. The van der Waals surface area contributed by atoms with E-state index in [0.29, 0.717) is 13.2 Å². The van der Waals surface area contributed by atoms with Crippen molar-refractivity contribution < 1.29 is 14.6 Å². The Morgan fingerprint density at radius 1 is 1.41 bits per heavy atom. The minimum absolute atomic E-state index is 0.0521. The van der Waals surface area contributed by atoms with Gasteiger partial charge in [0.1, 0.15) is 11.7 Å². The summed E-state index contributed by atoms with van der Waals surface area (Å²) < 4.78 is 11.1. The Kier molecular flexibility index (Phi) is 3.94. The predicted molar refractivity (Wildman–Crippen MR) is 65.6 cm³/mol. The number of hydrogen-bond donors (Lipinski definition) is 1. The highest BCUT2D eigenvalue weighted by Gasteiger charge is 2.50. The Balaban J connectivity index is 1.70. The van der Waals surface area contributed by atoms with Crippen LogP contribution >= 0.6 is 0 Å². The van der Waals surface area contributed by atoms with Gasteiger partial charge in [-0.15, -0.1) is 0 Å². The summed E-state index contributed by atoms with van der Waals surface area (Å²) in [4.78, 5) is 0. The van der Waals surface area contributed by atoms with Crippen molar-refractivity contribution in [3.8, 4) is 0 Å². The zero-order chi connectivity index (χ0) is 12.1. The molecule has 1 aromatic carbocycles. The number of benzene rings is 1. The van der Waals surface area contributed by atoms with Crippen molar-refractivity contribution in [3.05, 3.63) is 48.0 Å². The second kappa shape index (κ2) is 5.45. The fraction of sp³-hybridized carbons (Fsp3) is 0.429. The maximum absolute atomic E-state index is 8.69. The highest BCUT2D eigenvalue weighted by Crippen LogP contribution is 2.37. The molecule has 0 aliphatic carbocycles. The first-order valence-corrected chi connectivity index (χ1v) is 5.82. The van der Waals surface area contributed by atoms with Gasteiger partial charge in [-0.25, -0.2) is 0 Å². The average Bonchev–Trinajstić information content (AvgIpc) is 3.00. The van der Waals surface area contributed by atoms with E-state index < -0.39 is 0 Å². The molecule has 17 heavy (non-hydrogen) atoms. The molecule has 92 valence electrons. The molecule has 0 saturated carbocycles. The molecule has 0 bridgehead atoms. The number of aliphatic hydroxyl groups excluding tert-OH is 1. The summed E-state index contributed by atoms with van der Waals surface area (Å²) in [5.41, 5.74) is 0.917. The second-order valence-electron chi connectivity index (χ2n) is 4.38. The van der Waals surface area contributed by atoms with Crippen LogP contribution in [0.25, 0.3) is 0 Å². The van der Waals surface area contributed by atoms with E-state index in [1.807, 2.05) is 43.3 Å². The summed E-state index contributed by atoms with van der Waals surface area (Å²) >= 11 is 0. The quantitative estimate of drug-likeness (QED) is 0.604. The molecule has 1 heterocycles. The van der Waals surface area contributed by atoms with Crippen LogP contribution in [0.15, 0.2) is 42.5 Å². The maximum Gasteiger partial charge on any atom is 0.114 e. The zero-order valence-electron chi connectivity index (χ0n) is 10.0. The predicted octanol–water partition coefficient (Wildman–Crippen LogP) is 1.91. The molecule has 0 unspecified atom stereocenters. The molecule has 0 aromatic heterocycles. The third-order valence-electron chi connectivity index (χ3n) is 2.91. The van der Waals surface area contributed by atoms with Crippen molar-refractivity contribution in [1.29, 1.82) is 0 Å². The van der Waals surface area contributed by atoms with Crippen LogP contribution in [0.3, 0.4) is 0 Å². The zero-order valence-corrected chi connectivity index (χ0v) is 10.0. The fourth-order valence-corrected chi connectivity index (χ4v) is 1.76. The summed E-state index contributed by atoms with van der Waals surface area (Å²) in [6.07, 6.45) is 3.70. The molecule has 0 amide bonds. The molecular weight excluding hydrogens is 216 g/mol. The standard InChI is InChI=1S/C14H18O3/c1-14(8-5-9-15)13(17-14)11-16-10-12-6-3-2-4-7-12/h2-8,13,15H,9-11H2,1H3/b8-5+/t13-,14+/m1/s1. The van der Waals surface area contributed by atoms with Crippen LogP contribution in [0, 0.1) is 0 Å². The van der Waals surface area contributed by atoms with Crippen molar-refractivity contribution in [1.82, 2.24) is 0 Å². The minimum Gasteiger partial charge on any atom is -0.392 e. The van der Waals surface area contributed by atoms with E-state index in [1.54, 1.807) is 6.08 Å². The summed E-state index contributed by atoms with van der Waals surface area (Å²) in [6, 6.07) is 10.1. The van der Waals surface area contributed by atoms with Gasteiger partial charge < -0.3 is 14.6 Å². The van der Waals surface area contributed by atoms with E-state index in [4.69, 9.17) is 14.6 Å². The van der Waals surface area contributed by atoms with Crippen molar-refractivity contribution in [2.45, 2.75) is 25.2 Å². The highest BCUT2D eigenvalue weighted by atomic mass is 16.6. The Hall–Kier alpha value is -1.16. The molecule has 0 spiro atoms. The van der Waals surface area contributed by atoms with Crippen LogP contribution in [0.2, 0.25) is 0 Å². The molecule has 1 saturated heterocycles. The van der Waals surface area contributed by atoms with Crippen LogP contribution < -0.4 is 0 Å². The van der Waals surface area contributed by atoms with E-state index in [9.17, 15) is 0 Å². The molecule has 0 radical (unpaired) electrons. The van der Waals surface area contributed by atoms with Gasteiger partial charge in [0, 0.05) is 0 Å². The van der Waals surface area contributed by atoms with Gasteiger partial charge in [0.25, 0.3) is 0 Å². The molecule has 1 aliphatic heterocycles. The van der Waals surface area contributed by atoms with Gasteiger partial charge >= 0.3 is 0 Å². The number of rotatable bonds is 6. The Bertz CT molecular complexity index is 374. The minimum atomic E-state index is -0.251. The Labute approximate surface area is 102 Å². The lowest BCUT2D eigenvalue weighted by molar-refractivity contribution is 0.104. The summed E-state index contributed by atoms with van der Waals surface area (Å²) in [5.74, 6) is 0. The fourth-order valence-electron chi connectivity index (χ4n) is 1.76. The van der Waals surface area contributed by atoms with Crippen molar-refractivity contribution in [2.75, 3.05) is 13.2 Å². The second-order valence-corrected chi connectivity index (χ2v) is 4.38. The van der Waals surface area contributed by atoms with Crippen LogP contribution in [0.4, 0.5) is 0 Å². The Morgan fingerprint density at radius 2 is 2.18 bits per heavy atom. The van der Waals surface area contributed by atoms with Crippen LogP contribution in [-0.2, 0) is 16.1 Å².